The average molecular weight is 411 g/mol. The molecule has 0 aliphatic carbocycles. The summed E-state index contributed by atoms with van der Waals surface area (Å²) >= 11 is 0. The van der Waals surface area contributed by atoms with Crippen LogP contribution in [0.25, 0.3) is 5.69 Å². The minimum Gasteiger partial charge on any atom is -0.404 e. The van der Waals surface area contributed by atoms with Crippen LogP contribution in [0.4, 0.5) is 13.2 Å². The topological polar surface area (TPSA) is 90.3 Å². The van der Waals surface area contributed by atoms with E-state index in [-0.39, 0.29) is 16.3 Å². The Kier molecular flexibility index (Phi) is 5.10. The number of carbonyl (C=O) groups excluding carboxylic acids is 1. The van der Waals surface area contributed by atoms with Gasteiger partial charge in [-0.05, 0) is 24.3 Å². The summed E-state index contributed by atoms with van der Waals surface area (Å²) in [5, 5.41) is 0. The van der Waals surface area contributed by atoms with Crippen LogP contribution in [0.1, 0.15) is 10.5 Å². The molecule has 3 rings (SSSR count). The maximum Gasteiger partial charge on any atom is 0.573 e. The molecule has 2 aromatic carbocycles. The first-order valence-electron chi connectivity index (χ1n) is 7.67. The van der Waals surface area contributed by atoms with Crippen LogP contribution >= 0.6 is 0 Å². The Morgan fingerprint density at radius 2 is 1.68 bits per heavy atom. The summed E-state index contributed by atoms with van der Waals surface area (Å²) in [5.41, 5.74) is -0.335. The van der Waals surface area contributed by atoms with Gasteiger partial charge in [0.05, 0.1) is 10.6 Å². The largest absolute Gasteiger partial charge is 0.573 e. The maximum absolute atomic E-state index is 12.5. The molecule has 0 atom stereocenters. The Balaban J connectivity index is 1.84. The second-order valence-electron chi connectivity index (χ2n) is 5.43. The van der Waals surface area contributed by atoms with Gasteiger partial charge in [0.2, 0.25) is 0 Å². The Hall–Kier alpha value is -3.34. The number of sulfonamides is 1. The summed E-state index contributed by atoms with van der Waals surface area (Å²) in [6, 6.07) is 12.4. The standard InChI is InChI=1S/C17H12F3N3O4S/c18-17(19,20)27-15-9-5-4-8-14(15)23-10-13(21-11-23)16(24)22-28(25,26)12-6-2-1-3-7-12/h1-11H,(H,22,24). The molecule has 0 aliphatic rings. The van der Waals surface area contributed by atoms with Crippen LogP contribution in [-0.2, 0) is 10.0 Å². The van der Waals surface area contributed by atoms with Crippen molar-refractivity contribution in [3.8, 4) is 11.4 Å². The Bertz CT molecular complexity index is 1100. The van der Waals surface area contributed by atoms with Gasteiger partial charge in [0.25, 0.3) is 15.9 Å². The number of benzene rings is 2. The lowest BCUT2D eigenvalue weighted by Crippen LogP contribution is -2.30. The summed E-state index contributed by atoms with van der Waals surface area (Å²) in [7, 11) is -4.12. The van der Waals surface area contributed by atoms with Crippen molar-refractivity contribution < 1.29 is 31.1 Å². The van der Waals surface area contributed by atoms with Crippen LogP contribution in [0, 0.1) is 0 Å². The van der Waals surface area contributed by atoms with E-state index in [1.807, 2.05) is 4.72 Å². The van der Waals surface area contributed by atoms with Gasteiger partial charge in [-0.25, -0.2) is 18.1 Å². The highest BCUT2D eigenvalue weighted by molar-refractivity contribution is 7.90. The van der Waals surface area contributed by atoms with E-state index in [0.717, 1.165) is 23.2 Å². The zero-order chi connectivity index (χ0) is 20.4. The molecule has 0 fully saturated rings. The predicted octanol–water partition coefficient (Wildman–Crippen LogP) is 2.89. The lowest BCUT2D eigenvalue weighted by Gasteiger charge is -2.13. The molecule has 0 bridgehead atoms. The lowest BCUT2D eigenvalue weighted by atomic mass is 10.3. The first-order chi connectivity index (χ1) is 13.2. The third kappa shape index (κ3) is 4.49. The Morgan fingerprint density at radius 1 is 1.04 bits per heavy atom. The summed E-state index contributed by atoms with van der Waals surface area (Å²) in [5.74, 6) is -1.53. The van der Waals surface area contributed by atoms with E-state index in [9.17, 15) is 26.4 Å². The zero-order valence-corrected chi connectivity index (χ0v) is 14.7. The molecule has 0 aliphatic heterocycles. The normalized spacial score (nSPS) is 11.8. The molecule has 3 aromatic rings. The van der Waals surface area contributed by atoms with E-state index in [1.165, 1.54) is 42.5 Å². The van der Waals surface area contributed by atoms with Crippen LogP contribution in [0.2, 0.25) is 0 Å². The van der Waals surface area contributed by atoms with Gasteiger partial charge >= 0.3 is 6.36 Å². The van der Waals surface area contributed by atoms with Crippen LogP contribution in [0.15, 0.2) is 72.0 Å². The number of ether oxygens (including phenoxy) is 1. The Morgan fingerprint density at radius 3 is 2.36 bits per heavy atom. The van der Waals surface area contributed by atoms with E-state index < -0.39 is 28.0 Å². The maximum atomic E-state index is 12.5. The number of aromatic nitrogens is 2. The first kappa shape index (κ1) is 19.4. The molecule has 0 unspecified atom stereocenters. The van der Waals surface area contributed by atoms with Crippen LogP contribution in [0.5, 0.6) is 5.75 Å². The third-order valence-electron chi connectivity index (χ3n) is 3.46. The second-order valence-corrected chi connectivity index (χ2v) is 7.11. The van der Waals surface area contributed by atoms with Crippen molar-refractivity contribution in [2.24, 2.45) is 0 Å². The van der Waals surface area contributed by atoms with Crippen molar-refractivity contribution in [2.75, 3.05) is 0 Å². The molecule has 11 heteroatoms. The number of hydrogen-bond acceptors (Lipinski definition) is 5. The molecule has 1 N–H and O–H groups in total. The van der Waals surface area contributed by atoms with Crippen molar-refractivity contribution in [1.29, 1.82) is 0 Å². The van der Waals surface area contributed by atoms with Gasteiger partial charge in [0, 0.05) is 6.20 Å². The van der Waals surface area contributed by atoms with Crippen LogP contribution < -0.4 is 9.46 Å². The highest BCUT2D eigenvalue weighted by atomic mass is 32.2. The van der Waals surface area contributed by atoms with Crippen molar-refractivity contribution in [2.45, 2.75) is 11.3 Å². The van der Waals surface area contributed by atoms with Gasteiger partial charge in [-0.2, -0.15) is 0 Å². The molecule has 0 saturated carbocycles. The fraction of sp³-hybridized carbons (Fsp3) is 0.0588. The number of para-hydroxylation sites is 2. The molecule has 7 nitrogen and oxygen atoms in total. The number of alkyl halides is 3. The third-order valence-corrected chi connectivity index (χ3v) is 4.81. The van der Waals surface area contributed by atoms with E-state index in [0.29, 0.717) is 0 Å². The molecule has 28 heavy (non-hydrogen) atoms. The van der Waals surface area contributed by atoms with Crippen molar-refractivity contribution >= 4 is 15.9 Å². The van der Waals surface area contributed by atoms with E-state index in [1.54, 1.807) is 6.07 Å². The Labute approximate surface area is 157 Å². The summed E-state index contributed by atoms with van der Waals surface area (Å²) in [4.78, 5) is 15.9. The molecule has 1 amide bonds. The number of halogens is 3. The molecule has 0 radical (unpaired) electrons. The second kappa shape index (κ2) is 7.35. The fourth-order valence-electron chi connectivity index (χ4n) is 2.29. The van der Waals surface area contributed by atoms with E-state index in [4.69, 9.17) is 0 Å². The first-order valence-corrected chi connectivity index (χ1v) is 9.15. The molecular weight excluding hydrogens is 399 g/mol. The molecule has 1 heterocycles. The number of rotatable bonds is 5. The lowest BCUT2D eigenvalue weighted by molar-refractivity contribution is -0.274. The smallest absolute Gasteiger partial charge is 0.404 e. The molecule has 1 aromatic heterocycles. The molecular formula is C17H12F3N3O4S. The summed E-state index contributed by atoms with van der Waals surface area (Å²) in [6.07, 6.45) is -2.74. The van der Waals surface area contributed by atoms with E-state index in [2.05, 4.69) is 9.72 Å². The number of nitrogens with zero attached hydrogens (tertiary/aromatic N) is 2. The van der Waals surface area contributed by atoms with Gasteiger partial charge in [0.15, 0.2) is 5.75 Å². The predicted molar refractivity (Wildman–Crippen MR) is 91.3 cm³/mol. The van der Waals surface area contributed by atoms with Gasteiger partial charge in [0.1, 0.15) is 12.0 Å². The number of amides is 1. The van der Waals surface area contributed by atoms with Gasteiger partial charge in [-0.1, -0.05) is 30.3 Å². The number of carbonyl (C=O) groups is 1. The molecule has 146 valence electrons. The van der Waals surface area contributed by atoms with Gasteiger partial charge < -0.3 is 9.30 Å². The van der Waals surface area contributed by atoms with Crippen molar-refractivity contribution in [1.82, 2.24) is 14.3 Å². The zero-order valence-electron chi connectivity index (χ0n) is 13.9. The van der Waals surface area contributed by atoms with E-state index >= 15 is 0 Å². The fourth-order valence-corrected chi connectivity index (χ4v) is 3.27. The van der Waals surface area contributed by atoms with Gasteiger partial charge in [-0.3, -0.25) is 4.79 Å². The monoisotopic (exact) mass is 411 g/mol. The minimum absolute atomic E-state index is 0.0303. The minimum atomic E-state index is -4.90. The molecule has 0 spiro atoms. The number of imidazole rings is 1. The quantitative estimate of drug-likeness (QED) is 0.697. The van der Waals surface area contributed by atoms with Crippen molar-refractivity contribution in [3.05, 3.63) is 72.8 Å². The summed E-state index contributed by atoms with van der Waals surface area (Å²) in [6.45, 7) is 0. The number of nitrogens with one attached hydrogen (secondary N) is 1. The van der Waals surface area contributed by atoms with Crippen LogP contribution in [0.3, 0.4) is 0 Å². The van der Waals surface area contributed by atoms with Gasteiger partial charge in [-0.15, -0.1) is 13.2 Å². The average Bonchev–Trinajstić information content (AvgIpc) is 3.11. The molecule has 0 saturated heterocycles. The van der Waals surface area contributed by atoms with Crippen molar-refractivity contribution in [3.63, 3.8) is 0 Å². The highest BCUT2D eigenvalue weighted by Gasteiger charge is 2.32. The highest BCUT2D eigenvalue weighted by Crippen LogP contribution is 2.28. The number of hydrogen-bond donors (Lipinski definition) is 1. The summed E-state index contributed by atoms with van der Waals surface area (Å²) < 4.78 is 68.9. The van der Waals surface area contributed by atoms with Crippen LogP contribution in [-0.4, -0.2) is 30.2 Å². The SMILES string of the molecule is O=C(NS(=O)(=O)c1ccccc1)c1cn(-c2ccccc2OC(F)(F)F)cn1.